The van der Waals surface area contributed by atoms with Crippen LogP contribution in [0.4, 0.5) is 5.82 Å². The van der Waals surface area contributed by atoms with E-state index >= 15 is 0 Å². The van der Waals surface area contributed by atoms with Crippen LogP contribution in [0.15, 0.2) is 6.07 Å². The molecule has 0 bridgehead atoms. The molecular formula is C9H12ClN3. The van der Waals surface area contributed by atoms with E-state index in [0.717, 1.165) is 24.7 Å². The maximum absolute atomic E-state index is 5.85. The van der Waals surface area contributed by atoms with Crippen LogP contribution >= 0.6 is 11.6 Å². The summed E-state index contributed by atoms with van der Waals surface area (Å²) < 4.78 is 0. The molecule has 2 heterocycles. The van der Waals surface area contributed by atoms with Gasteiger partial charge in [-0.25, -0.2) is 9.97 Å². The molecule has 1 aliphatic heterocycles. The number of nitrogens with zero attached hydrogens (tertiary/aromatic N) is 3. The summed E-state index contributed by atoms with van der Waals surface area (Å²) >= 11 is 5.85. The van der Waals surface area contributed by atoms with E-state index in [1.54, 1.807) is 0 Å². The Morgan fingerprint density at radius 3 is 2.62 bits per heavy atom. The highest BCUT2D eigenvalue weighted by Crippen LogP contribution is 2.20. The summed E-state index contributed by atoms with van der Waals surface area (Å²) in [6, 6.07) is 1.83. The highest BCUT2D eigenvalue weighted by Gasteiger charge is 2.14. The first-order chi connectivity index (χ1) is 6.25. The average Bonchev–Trinajstić information content (AvgIpc) is 2.53. The molecule has 0 amide bonds. The van der Waals surface area contributed by atoms with Crippen LogP contribution in [0, 0.1) is 6.92 Å². The van der Waals surface area contributed by atoms with Crippen LogP contribution < -0.4 is 4.90 Å². The van der Waals surface area contributed by atoms with E-state index in [2.05, 4.69) is 14.9 Å². The van der Waals surface area contributed by atoms with Gasteiger partial charge in [0.15, 0.2) is 0 Å². The van der Waals surface area contributed by atoms with Crippen molar-refractivity contribution in [3.05, 3.63) is 17.0 Å². The zero-order valence-corrected chi connectivity index (χ0v) is 8.38. The monoisotopic (exact) mass is 197 g/mol. The van der Waals surface area contributed by atoms with Crippen molar-refractivity contribution in [3.63, 3.8) is 0 Å². The van der Waals surface area contributed by atoms with Crippen LogP contribution in [-0.2, 0) is 0 Å². The molecule has 1 saturated heterocycles. The van der Waals surface area contributed by atoms with Crippen molar-refractivity contribution in [3.8, 4) is 0 Å². The van der Waals surface area contributed by atoms with Crippen molar-refractivity contribution < 1.29 is 0 Å². The molecule has 2 rings (SSSR count). The summed E-state index contributed by atoms with van der Waals surface area (Å²) in [6.45, 7) is 4.05. The van der Waals surface area contributed by atoms with Crippen molar-refractivity contribution >= 4 is 17.4 Å². The van der Waals surface area contributed by atoms with Gasteiger partial charge in [-0.3, -0.25) is 0 Å². The molecule has 0 radical (unpaired) electrons. The molecule has 0 aromatic carbocycles. The second kappa shape index (κ2) is 3.50. The molecular weight excluding hydrogens is 186 g/mol. The summed E-state index contributed by atoms with van der Waals surface area (Å²) in [5.41, 5.74) is 0. The van der Waals surface area contributed by atoms with Crippen LogP contribution in [0.5, 0.6) is 0 Å². The van der Waals surface area contributed by atoms with Crippen molar-refractivity contribution in [2.75, 3.05) is 18.0 Å². The number of aryl methyl sites for hydroxylation is 1. The van der Waals surface area contributed by atoms with Gasteiger partial charge in [0.1, 0.15) is 16.8 Å². The number of halogens is 1. The lowest BCUT2D eigenvalue weighted by Gasteiger charge is -2.16. The topological polar surface area (TPSA) is 29.0 Å². The van der Waals surface area contributed by atoms with E-state index in [9.17, 15) is 0 Å². The lowest BCUT2D eigenvalue weighted by molar-refractivity contribution is 0.910. The Balaban J connectivity index is 2.28. The first kappa shape index (κ1) is 8.75. The molecule has 0 saturated carbocycles. The summed E-state index contributed by atoms with van der Waals surface area (Å²) in [5, 5.41) is 0.536. The van der Waals surface area contributed by atoms with Gasteiger partial charge in [-0.2, -0.15) is 0 Å². The summed E-state index contributed by atoms with van der Waals surface area (Å²) in [6.07, 6.45) is 2.50. The normalized spacial score (nSPS) is 16.6. The van der Waals surface area contributed by atoms with Gasteiger partial charge in [0, 0.05) is 19.2 Å². The Morgan fingerprint density at radius 1 is 1.31 bits per heavy atom. The minimum atomic E-state index is 0.536. The fourth-order valence-electron chi connectivity index (χ4n) is 1.62. The maximum atomic E-state index is 5.85. The minimum absolute atomic E-state index is 0.536. The van der Waals surface area contributed by atoms with Gasteiger partial charge in [-0.15, -0.1) is 0 Å². The number of hydrogen-bond acceptors (Lipinski definition) is 3. The van der Waals surface area contributed by atoms with Crippen LogP contribution in [-0.4, -0.2) is 23.1 Å². The first-order valence-electron chi connectivity index (χ1n) is 4.52. The molecule has 1 aliphatic rings. The fraction of sp³-hybridized carbons (Fsp3) is 0.556. The van der Waals surface area contributed by atoms with Crippen LogP contribution in [0.3, 0.4) is 0 Å². The van der Waals surface area contributed by atoms with Crippen LogP contribution in [0.25, 0.3) is 0 Å². The Bertz CT molecular complexity index is 287. The number of anilines is 1. The number of rotatable bonds is 1. The van der Waals surface area contributed by atoms with Gasteiger partial charge in [-0.05, 0) is 19.8 Å². The minimum Gasteiger partial charge on any atom is -0.356 e. The summed E-state index contributed by atoms with van der Waals surface area (Å²) in [4.78, 5) is 10.6. The largest absolute Gasteiger partial charge is 0.356 e. The molecule has 0 unspecified atom stereocenters. The van der Waals surface area contributed by atoms with Gasteiger partial charge in [0.25, 0.3) is 0 Å². The van der Waals surface area contributed by atoms with E-state index < -0.39 is 0 Å². The van der Waals surface area contributed by atoms with E-state index in [0.29, 0.717) is 5.15 Å². The number of aromatic nitrogens is 2. The van der Waals surface area contributed by atoms with E-state index in [1.165, 1.54) is 12.8 Å². The molecule has 70 valence electrons. The molecule has 1 aromatic heterocycles. The Hall–Kier alpha value is -0.830. The Labute approximate surface area is 82.8 Å². The lowest BCUT2D eigenvalue weighted by Crippen LogP contribution is -2.19. The van der Waals surface area contributed by atoms with Crippen LogP contribution in [0.1, 0.15) is 18.7 Å². The molecule has 0 spiro atoms. The fourth-order valence-corrected chi connectivity index (χ4v) is 1.84. The zero-order valence-electron chi connectivity index (χ0n) is 7.63. The van der Waals surface area contributed by atoms with E-state index in [1.807, 2.05) is 13.0 Å². The van der Waals surface area contributed by atoms with Crippen molar-refractivity contribution in [2.45, 2.75) is 19.8 Å². The predicted octanol–water partition coefficient (Wildman–Crippen LogP) is 2.04. The standard InChI is InChI=1S/C9H12ClN3/c1-7-11-8(10)6-9(12-7)13-4-2-3-5-13/h6H,2-5H2,1H3. The van der Waals surface area contributed by atoms with Gasteiger partial charge in [-0.1, -0.05) is 11.6 Å². The summed E-state index contributed by atoms with van der Waals surface area (Å²) in [7, 11) is 0. The third kappa shape index (κ3) is 1.91. The van der Waals surface area contributed by atoms with Gasteiger partial charge in [0.05, 0.1) is 0 Å². The van der Waals surface area contributed by atoms with Crippen LogP contribution in [0.2, 0.25) is 5.15 Å². The molecule has 3 nitrogen and oxygen atoms in total. The maximum Gasteiger partial charge on any atom is 0.134 e. The molecule has 1 aromatic rings. The van der Waals surface area contributed by atoms with Crippen molar-refractivity contribution in [1.82, 2.24) is 9.97 Å². The van der Waals surface area contributed by atoms with Crippen molar-refractivity contribution in [2.24, 2.45) is 0 Å². The van der Waals surface area contributed by atoms with Crippen molar-refractivity contribution in [1.29, 1.82) is 0 Å². The highest BCUT2D eigenvalue weighted by atomic mass is 35.5. The third-order valence-corrected chi connectivity index (χ3v) is 2.42. The zero-order chi connectivity index (χ0) is 9.26. The summed E-state index contributed by atoms with van der Waals surface area (Å²) in [5.74, 6) is 1.71. The third-order valence-electron chi connectivity index (χ3n) is 2.22. The smallest absolute Gasteiger partial charge is 0.134 e. The SMILES string of the molecule is Cc1nc(Cl)cc(N2CCCC2)n1. The molecule has 0 N–H and O–H groups in total. The second-order valence-electron chi connectivity index (χ2n) is 3.29. The molecule has 1 fully saturated rings. The Morgan fingerprint density at radius 2 is 2.00 bits per heavy atom. The highest BCUT2D eigenvalue weighted by molar-refractivity contribution is 6.29. The van der Waals surface area contributed by atoms with Gasteiger partial charge < -0.3 is 4.90 Å². The van der Waals surface area contributed by atoms with Gasteiger partial charge >= 0.3 is 0 Å². The quantitative estimate of drug-likeness (QED) is 0.646. The van der Waals surface area contributed by atoms with Gasteiger partial charge in [0.2, 0.25) is 0 Å². The molecule has 0 aliphatic carbocycles. The average molecular weight is 198 g/mol. The predicted molar refractivity (Wildman–Crippen MR) is 53.2 cm³/mol. The molecule has 13 heavy (non-hydrogen) atoms. The Kier molecular flexibility index (Phi) is 2.36. The lowest BCUT2D eigenvalue weighted by atomic mass is 10.4. The second-order valence-corrected chi connectivity index (χ2v) is 3.68. The molecule has 4 heteroatoms. The van der Waals surface area contributed by atoms with E-state index in [-0.39, 0.29) is 0 Å². The van der Waals surface area contributed by atoms with E-state index in [4.69, 9.17) is 11.6 Å². The molecule has 0 atom stereocenters. The number of hydrogen-bond donors (Lipinski definition) is 0. The first-order valence-corrected chi connectivity index (χ1v) is 4.89.